The summed E-state index contributed by atoms with van der Waals surface area (Å²) in [5.74, 6) is 0. The van der Waals surface area contributed by atoms with Gasteiger partial charge in [0.15, 0.2) is 0 Å². The molecule has 0 aliphatic rings. The Hall–Kier alpha value is -0.860. The Morgan fingerprint density at radius 1 is 1.06 bits per heavy atom. The third-order valence-corrected chi connectivity index (χ3v) is 3.35. The lowest BCUT2D eigenvalue weighted by atomic mass is 10.0. The van der Waals surface area contributed by atoms with Gasteiger partial charge in [0.25, 0.3) is 0 Å². The molecule has 2 heteroatoms. The highest BCUT2D eigenvalue weighted by molar-refractivity contribution is 9.10. The minimum Gasteiger partial charge on any atom is -0.310 e. The maximum absolute atomic E-state index is 3.59. The Morgan fingerprint density at radius 3 is 2.44 bits per heavy atom. The van der Waals surface area contributed by atoms with E-state index in [4.69, 9.17) is 0 Å². The van der Waals surface area contributed by atoms with Gasteiger partial charge in [-0.2, -0.15) is 0 Å². The molecule has 2 aromatic carbocycles. The third kappa shape index (κ3) is 2.45. The van der Waals surface area contributed by atoms with Crippen LogP contribution in [0.1, 0.15) is 19.4 Å². The number of hydrogen-bond donors (Lipinski definition) is 1. The fraction of sp³-hybridized carbons (Fsp3) is 0.286. The first-order valence-corrected chi connectivity index (χ1v) is 6.37. The second-order valence-corrected chi connectivity index (χ2v) is 5.14. The van der Waals surface area contributed by atoms with Gasteiger partial charge in [-0.15, -0.1) is 0 Å². The molecule has 1 N–H and O–H groups in total. The average molecular weight is 278 g/mol. The molecule has 16 heavy (non-hydrogen) atoms. The molecule has 0 radical (unpaired) electrons. The molecule has 0 spiro atoms. The van der Waals surface area contributed by atoms with Crippen LogP contribution in [-0.4, -0.2) is 6.04 Å². The Balaban J connectivity index is 2.42. The van der Waals surface area contributed by atoms with Crippen molar-refractivity contribution in [3.8, 4) is 0 Å². The van der Waals surface area contributed by atoms with Crippen LogP contribution in [0, 0.1) is 0 Å². The maximum atomic E-state index is 3.59. The van der Waals surface area contributed by atoms with E-state index >= 15 is 0 Å². The van der Waals surface area contributed by atoms with Crippen molar-refractivity contribution in [3.05, 3.63) is 46.4 Å². The molecule has 0 saturated carbocycles. The molecule has 0 atom stereocenters. The molecule has 0 heterocycles. The first-order chi connectivity index (χ1) is 7.68. The van der Waals surface area contributed by atoms with Crippen molar-refractivity contribution < 1.29 is 0 Å². The lowest BCUT2D eigenvalue weighted by Crippen LogP contribution is -2.21. The highest BCUT2D eigenvalue weighted by Gasteiger charge is 2.03. The summed E-state index contributed by atoms with van der Waals surface area (Å²) in [5.41, 5.74) is 1.35. The van der Waals surface area contributed by atoms with Crippen molar-refractivity contribution in [2.75, 3.05) is 0 Å². The Labute approximate surface area is 105 Å². The molecule has 0 aromatic heterocycles. The number of rotatable bonds is 3. The van der Waals surface area contributed by atoms with Crippen LogP contribution in [0.15, 0.2) is 40.9 Å². The fourth-order valence-corrected chi connectivity index (χ4v) is 2.27. The summed E-state index contributed by atoms with van der Waals surface area (Å²) in [6.45, 7) is 5.26. The molecule has 0 aliphatic heterocycles. The average Bonchev–Trinajstić information content (AvgIpc) is 2.28. The minimum absolute atomic E-state index is 0.516. The van der Waals surface area contributed by atoms with Crippen LogP contribution < -0.4 is 5.32 Å². The zero-order valence-electron chi connectivity index (χ0n) is 9.63. The molecule has 1 nitrogen and oxygen atoms in total. The van der Waals surface area contributed by atoms with E-state index in [1.165, 1.54) is 16.3 Å². The highest BCUT2D eigenvalue weighted by Crippen LogP contribution is 2.26. The van der Waals surface area contributed by atoms with E-state index in [1.54, 1.807) is 0 Å². The van der Waals surface area contributed by atoms with Crippen molar-refractivity contribution in [1.82, 2.24) is 5.32 Å². The van der Waals surface area contributed by atoms with Crippen LogP contribution in [-0.2, 0) is 6.54 Å². The van der Waals surface area contributed by atoms with Gasteiger partial charge in [-0.05, 0) is 22.4 Å². The lowest BCUT2D eigenvalue weighted by molar-refractivity contribution is 0.590. The summed E-state index contributed by atoms with van der Waals surface area (Å²) in [6, 6.07) is 13.3. The van der Waals surface area contributed by atoms with E-state index in [9.17, 15) is 0 Å². The van der Waals surface area contributed by atoms with Gasteiger partial charge >= 0.3 is 0 Å². The van der Waals surface area contributed by atoms with Crippen molar-refractivity contribution in [2.24, 2.45) is 0 Å². The fourth-order valence-electron chi connectivity index (χ4n) is 1.79. The lowest BCUT2D eigenvalue weighted by Gasteiger charge is -2.11. The highest BCUT2D eigenvalue weighted by atomic mass is 79.9. The Morgan fingerprint density at radius 2 is 1.75 bits per heavy atom. The molecule has 0 unspecified atom stereocenters. The molecule has 0 saturated heterocycles. The smallest absolute Gasteiger partial charge is 0.0253 e. The first kappa shape index (κ1) is 11.6. The topological polar surface area (TPSA) is 12.0 Å². The van der Waals surface area contributed by atoms with E-state index < -0.39 is 0 Å². The molecule has 2 rings (SSSR count). The minimum atomic E-state index is 0.516. The second-order valence-electron chi connectivity index (χ2n) is 4.29. The SMILES string of the molecule is CC(C)NCc1ccc(Br)c2ccccc12. The third-order valence-electron chi connectivity index (χ3n) is 2.66. The largest absolute Gasteiger partial charge is 0.310 e. The molecule has 84 valence electrons. The van der Waals surface area contributed by atoms with Crippen molar-refractivity contribution in [3.63, 3.8) is 0 Å². The summed E-state index contributed by atoms with van der Waals surface area (Å²) in [6.07, 6.45) is 0. The number of halogens is 1. The summed E-state index contributed by atoms with van der Waals surface area (Å²) < 4.78 is 1.16. The zero-order valence-corrected chi connectivity index (χ0v) is 11.2. The van der Waals surface area contributed by atoms with Gasteiger partial charge in [-0.25, -0.2) is 0 Å². The Bertz CT molecular complexity index is 491. The van der Waals surface area contributed by atoms with Crippen LogP contribution in [0.4, 0.5) is 0 Å². The predicted octanol–water partition coefficient (Wildman–Crippen LogP) is 4.10. The molecular weight excluding hydrogens is 262 g/mol. The zero-order chi connectivity index (χ0) is 11.5. The number of benzene rings is 2. The van der Waals surface area contributed by atoms with E-state index in [-0.39, 0.29) is 0 Å². The van der Waals surface area contributed by atoms with Crippen molar-refractivity contribution in [1.29, 1.82) is 0 Å². The molecular formula is C14H16BrN. The summed E-state index contributed by atoms with van der Waals surface area (Å²) in [7, 11) is 0. The molecule has 0 aliphatic carbocycles. The van der Waals surface area contributed by atoms with Crippen LogP contribution in [0.3, 0.4) is 0 Å². The van der Waals surface area contributed by atoms with E-state index in [1.807, 2.05) is 0 Å². The van der Waals surface area contributed by atoms with Gasteiger partial charge in [-0.1, -0.05) is 60.1 Å². The standard InChI is InChI=1S/C14H16BrN/c1-10(2)16-9-11-7-8-14(15)13-6-4-3-5-12(11)13/h3-8,10,16H,9H2,1-2H3. The van der Waals surface area contributed by atoms with Crippen molar-refractivity contribution in [2.45, 2.75) is 26.4 Å². The summed E-state index contributed by atoms with van der Waals surface area (Å²) >= 11 is 3.59. The predicted molar refractivity (Wildman–Crippen MR) is 73.6 cm³/mol. The van der Waals surface area contributed by atoms with Gasteiger partial charge in [0.2, 0.25) is 0 Å². The molecule has 2 aromatic rings. The quantitative estimate of drug-likeness (QED) is 0.891. The number of hydrogen-bond acceptors (Lipinski definition) is 1. The summed E-state index contributed by atoms with van der Waals surface area (Å²) in [5, 5.41) is 6.07. The van der Waals surface area contributed by atoms with E-state index in [2.05, 4.69) is 71.5 Å². The van der Waals surface area contributed by atoms with Gasteiger partial charge in [-0.3, -0.25) is 0 Å². The van der Waals surface area contributed by atoms with Gasteiger partial charge in [0, 0.05) is 17.1 Å². The van der Waals surface area contributed by atoms with Crippen LogP contribution in [0.2, 0.25) is 0 Å². The van der Waals surface area contributed by atoms with Crippen LogP contribution in [0.25, 0.3) is 10.8 Å². The first-order valence-electron chi connectivity index (χ1n) is 5.58. The van der Waals surface area contributed by atoms with Gasteiger partial charge in [0.1, 0.15) is 0 Å². The number of fused-ring (bicyclic) bond motifs is 1. The van der Waals surface area contributed by atoms with E-state index in [0.29, 0.717) is 6.04 Å². The molecule has 0 amide bonds. The summed E-state index contributed by atoms with van der Waals surface area (Å²) in [4.78, 5) is 0. The van der Waals surface area contributed by atoms with Gasteiger partial charge in [0.05, 0.1) is 0 Å². The normalized spacial score (nSPS) is 11.2. The van der Waals surface area contributed by atoms with Crippen LogP contribution >= 0.6 is 15.9 Å². The maximum Gasteiger partial charge on any atom is 0.0253 e. The Kier molecular flexibility index (Phi) is 3.62. The second kappa shape index (κ2) is 4.98. The van der Waals surface area contributed by atoms with Crippen LogP contribution in [0.5, 0.6) is 0 Å². The van der Waals surface area contributed by atoms with E-state index in [0.717, 1.165) is 11.0 Å². The number of nitrogens with one attached hydrogen (secondary N) is 1. The van der Waals surface area contributed by atoms with Gasteiger partial charge < -0.3 is 5.32 Å². The molecule has 0 fully saturated rings. The van der Waals surface area contributed by atoms with Crippen molar-refractivity contribution >= 4 is 26.7 Å². The monoisotopic (exact) mass is 277 g/mol. The molecule has 0 bridgehead atoms.